The van der Waals surface area contributed by atoms with Gasteiger partial charge in [0.1, 0.15) is 0 Å². The number of hydrogen-bond acceptors (Lipinski definition) is 2. The predicted molar refractivity (Wildman–Crippen MR) is 90.5 cm³/mol. The lowest BCUT2D eigenvalue weighted by atomic mass is 10.0. The maximum absolute atomic E-state index is 3.62. The van der Waals surface area contributed by atoms with Gasteiger partial charge in [-0.1, -0.05) is 42.5 Å². The van der Waals surface area contributed by atoms with Crippen molar-refractivity contribution in [1.82, 2.24) is 10.2 Å². The summed E-state index contributed by atoms with van der Waals surface area (Å²) in [5.41, 5.74) is 1.44. The van der Waals surface area contributed by atoms with Crippen LogP contribution in [0.25, 0.3) is 10.8 Å². The highest BCUT2D eigenvalue weighted by Crippen LogP contribution is 2.21. The van der Waals surface area contributed by atoms with Crippen molar-refractivity contribution < 1.29 is 0 Å². The van der Waals surface area contributed by atoms with Gasteiger partial charge in [0.05, 0.1) is 0 Å². The first kappa shape index (κ1) is 14.6. The van der Waals surface area contributed by atoms with Crippen LogP contribution in [0.3, 0.4) is 0 Å². The van der Waals surface area contributed by atoms with Crippen molar-refractivity contribution in [3.63, 3.8) is 0 Å². The van der Waals surface area contributed by atoms with Gasteiger partial charge in [-0.05, 0) is 49.6 Å². The highest BCUT2D eigenvalue weighted by molar-refractivity contribution is 5.85. The topological polar surface area (TPSA) is 15.3 Å². The van der Waals surface area contributed by atoms with E-state index in [1.807, 2.05) is 0 Å². The summed E-state index contributed by atoms with van der Waals surface area (Å²) in [6.45, 7) is 7.99. The Labute approximate surface area is 128 Å². The zero-order chi connectivity index (χ0) is 14.7. The van der Waals surface area contributed by atoms with Crippen molar-refractivity contribution in [2.75, 3.05) is 13.1 Å². The van der Waals surface area contributed by atoms with E-state index in [0.29, 0.717) is 12.1 Å². The minimum absolute atomic E-state index is 0.575. The molecule has 2 nitrogen and oxygen atoms in total. The van der Waals surface area contributed by atoms with E-state index in [1.165, 1.54) is 35.7 Å². The van der Waals surface area contributed by atoms with E-state index in [1.54, 1.807) is 0 Å². The van der Waals surface area contributed by atoms with E-state index < -0.39 is 0 Å². The molecule has 3 rings (SSSR count). The van der Waals surface area contributed by atoms with Crippen LogP contribution in [0.4, 0.5) is 0 Å². The fraction of sp³-hybridized carbons (Fsp3) is 0.474. The summed E-state index contributed by atoms with van der Waals surface area (Å²) >= 11 is 0. The van der Waals surface area contributed by atoms with E-state index in [9.17, 15) is 0 Å². The first-order valence-electron chi connectivity index (χ1n) is 8.18. The van der Waals surface area contributed by atoms with Crippen molar-refractivity contribution in [1.29, 1.82) is 0 Å². The average molecular weight is 282 g/mol. The van der Waals surface area contributed by atoms with Gasteiger partial charge in [0.25, 0.3) is 0 Å². The molecule has 1 fully saturated rings. The van der Waals surface area contributed by atoms with Crippen LogP contribution >= 0.6 is 0 Å². The van der Waals surface area contributed by atoms with E-state index in [4.69, 9.17) is 0 Å². The fourth-order valence-electron chi connectivity index (χ4n) is 3.30. The van der Waals surface area contributed by atoms with Gasteiger partial charge in [0.15, 0.2) is 0 Å². The number of nitrogens with one attached hydrogen (secondary N) is 1. The lowest BCUT2D eigenvalue weighted by Gasteiger charge is -2.29. The maximum atomic E-state index is 3.62. The van der Waals surface area contributed by atoms with E-state index in [0.717, 1.165) is 13.1 Å². The Hall–Kier alpha value is -1.38. The van der Waals surface area contributed by atoms with E-state index >= 15 is 0 Å². The van der Waals surface area contributed by atoms with Crippen molar-refractivity contribution in [2.45, 2.75) is 45.3 Å². The molecule has 1 atom stereocenters. The molecule has 2 aromatic rings. The number of fused-ring (bicyclic) bond motifs is 1. The minimum Gasteiger partial charge on any atom is -0.313 e. The van der Waals surface area contributed by atoms with Gasteiger partial charge >= 0.3 is 0 Å². The molecule has 0 aliphatic carbocycles. The average Bonchev–Trinajstić information content (AvgIpc) is 3.00. The third kappa shape index (κ3) is 3.45. The quantitative estimate of drug-likeness (QED) is 0.897. The molecule has 1 saturated heterocycles. The zero-order valence-electron chi connectivity index (χ0n) is 13.2. The van der Waals surface area contributed by atoms with Gasteiger partial charge in [0.2, 0.25) is 0 Å². The molecule has 21 heavy (non-hydrogen) atoms. The molecule has 1 aliphatic rings. The molecule has 0 saturated carbocycles. The second kappa shape index (κ2) is 6.59. The SMILES string of the molecule is CC(C)N(Cc1cccc2ccccc12)CC1CCCN1. The largest absolute Gasteiger partial charge is 0.313 e. The molecule has 0 spiro atoms. The molecule has 1 unspecified atom stereocenters. The Morgan fingerprint density at radius 2 is 1.95 bits per heavy atom. The highest BCUT2D eigenvalue weighted by atomic mass is 15.2. The van der Waals surface area contributed by atoms with Gasteiger partial charge in [-0.3, -0.25) is 4.90 Å². The number of nitrogens with zero attached hydrogens (tertiary/aromatic N) is 1. The first-order chi connectivity index (χ1) is 10.2. The van der Waals surface area contributed by atoms with Crippen LogP contribution in [0.5, 0.6) is 0 Å². The monoisotopic (exact) mass is 282 g/mol. The molecule has 0 bridgehead atoms. The van der Waals surface area contributed by atoms with Gasteiger partial charge in [-0.15, -0.1) is 0 Å². The number of benzene rings is 2. The lowest BCUT2D eigenvalue weighted by Crippen LogP contribution is -2.40. The summed E-state index contributed by atoms with van der Waals surface area (Å²) in [5.74, 6) is 0. The van der Waals surface area contributed by atoms with Crippen molar-refractivity contribution >= 4 is 10.8 Å². The molecule has 0 radical (unpaired) electrons. The number of rotatable bonds is 5. The van der Waals surface area contributed by atoms with E-state index in [-0.39, 0.29) is 0 Å². The number of hydrogen-bond donors (Lipinski definition) is 1. The van der Waals surface area contributed by atoms with Crippen LogP contribution in [-0.2, 0) is 6.54 Å². The molecule has 1 heterocycles. The predicted octanol–water partition coefficient (Wildman–Crippen LogP) is 3.80. The second-order valence-corrected chi connectivity index (χ2v) is 6.45. The summed E-state index contributed by atoms with van der Waals surface area (Å²) < 4.78 is 0. The summed E-state index contributed by atoms with van der Waals surface area (Å²) in [6, 6.07) is 16.6. The van der Waals surface area contributed by atoms with Gasteiger partial charge in [0, 0.05) is 25.2 Å². The zero-order valence-corrected chi connectivity index (χ0v) is 13.2. The summed E-state index contributed by atoms with van der Waals surface area (Å²) in [7, 11) is 0. The van der Waals surface area contributed by atoms with E-state index in [2.05, 4.69) is 66.5 Å². The van der Waals surface area contributed by atoms with Crippen LogP contribution in [0.2, 0.25) is 0 Å². The van der Waals surface area contributed by atoms with Gasteiger partial charge in [-0.2, -0.15) is 0 Å². The third-order valence-corrected chi connectivity index (χ3v) is 4.60. The normalized spacial score (nSPS) is 19.0. The second-order valence-electron chi connectivity index (χ2n) is 6.45. The van der Waals surface area contributed by atoms with Crippen LogP contribution in [0, 0.1) is 0 Å². The molecular formula is C19H26N2. The Morgan fingerprint density at radius 1 is 1.14 bits per heavy atom. The highest BCUT2D eigenvalue weighted by Gasteiger charge is 2.20. The van der Waals surface area contributed by atoms with Crippen molar-refractivity contribution in [3.05, 3.63) is 48.0 Å². The summed E-state index contributed by atoms with van der Waals surface area (Å²) in [6.07, 6.45) is 2.64. The Bertz CT molecular complexity index is 580. The molecule has 0 amide bonds. The lowest BCUT2D eigenvalue weighted by molar-refractivity contribution is 0.195. The molecular weight excluding hydrogens is 256 g/mol. The molecule has 1 aliphatic heterocycles. The van der Waals surface area contributed by atoms with Crippen molar-refractivity contribution in [3.8, 4) is 0 Å². The summed E-state index contributed by atoms with van der Waals surface area (Å²) in [4.78, 5) is 2.60. The van der Waals surface area contributed by atoms with Crippen LogP contribution in [0.1, 0.15) is 32.3 Å². The standard InChI is InChI=1S/C19H26N2/c1-15(2)21(14-18-10-6-12-20-18)13-17-9-5-8-16-7-3-4-11-19(16)17/h3-5,7-9,11,15,18,20H,6,10,12-14H2,1-2H3. The van der Waals surface area contributed by atoms with Crippen molar-refractivity contribution in [2.24, 2.45) is 0 Å². The summed E-state index contributed by atoms with van der Waals surface area (Å²) in [5, 5.41) is 6.36. The van der Waals surface area contributed by atoms with Crippen LogP contribution in [-0.4, -0.2) is 30.1 Å². The van der Waals surface area contributed by atoms with Crippen LogP contribution < -0.4 is 5.32 Å². The smallest absolute Gasteiger partial charge is 0.0243 e. The maximum Gasteiger partial charge on any atom is 0.0243 e. The van der Waals surface area contributed by atoms with Gasteiger partial charge < -0.3 is 5.32 Å². The molecule has 1 N–H and O–H groups in total. The Morgan fingerprint density at radius 3 is 2.71 bits per heavy atom. The molecule has 112 valence electrons. The fourth-order valence-corrected chi connectivity index (χ4v) is 3.30. The molecule has 0 aromatic heterocycles. The molecule has 2 aromatic carbocycles. The minimum atomic E-state index is 0.575. The third-order valence-electron chi connectivity index (χ3n) is 4.60. The van der Waals surface area contributed by atoms with Crippen LogP contribution in [0.15, 0.2) is 42.5 Å². The molecule has 2 heteroatoms. The van der Waals surface area contributed by atoms with Gasteiger partial charge in [-0.25, -0.2) is 0 Å². The Balaban J connectivity index is 1.80. The Kier molecular flexibility index (Phi) is 4.57. The first-order valence-corrected chi connectivity index (χ1v) is 8.18.